The van der Waals surface area contributed by atoms with Gasteiger partial charge in [0.15, 0.2) is 0 Å². The normalized spacial score (nSPS) is 24.9. The number of ether oxygens (including phenoxy) is 1. The minimum absolute atomic E-state index is 0.0688. The van der Waals surface area contributed by atoms with E-state index < -0.39 is 17.5 Å². The van der Waals surface area contributed by atoms with E-state index in [1.54, 1.807) is 0 Å². The van der Waals surface area contributed by atoms with Gasteiger partial charge in [0.2, 0.25) is 0 Å². The number of nitrogens with one attached hydrogen (secondary N) is 1. The third kappa shape index (κ3) is 2.17. The van der Waals surface area contributed by atoms with Gasteiger partial charge < -0.3 is 9.84 Å². The molecule has 6 nitrogen and oxygen atoms in total. The van der Waals surface area contributed by atoms with Crippen molar-refractivity contribution in [1.29, 1.82) is 0 Å². The van der Waals surface area contributed by atoms with Gasteiger partial charge in [-0.2, -0.15) is 0 Å². The summed E-state index contributed by atoms with van der Waals surface area (Å²) in [7, 11) is 0. The molecule has 0 aliphatic carbocycles. The molecule has 1 aromatic heterocycles. The molecule has 1 saturated heterocycles. The van der Waals surface area contributed by atoms with Gasteiger partial charge in [0.1, 0.15) is 16.7 Å². The van der Waals surface area contributed by atoms with Crippen LogP contribution in [0.1, 0.15) is 6.23 Å². The van der Waals surface area contributed by atoms with Crippen LogP contribution in [0.15, 0.2) is 15.8 Å². The second-order valence-electron chi connectivity index (χ2n) is 3.18. The Kier molecular flexibility index (Phi) is 3.38. The van der Waals surface area contributed by atoms with Gasteiger partial charge in [0.25, 0.3) is 5.56 Å². The molecular weight excluding hydrogens is 256 g/mol. The highest BCUT2D eigenvalue weighted by Crippen LogP contribution is 2.30. The summed E-state index contributed by atoms with van der Waals surface area (Å²) in [5, 5.41) is 8.81. The van der Waals surface area contributed by atoms with Crippen LogP contribution in [-0.2, 0) is 4.74 Å². The van der Waals surface area contributed by atoms with Crippen molar-refractivity contribution in [2.45, 2.75) is 11.7 Å². The van der Waals surface area contributed by atoms with E-state index in [4.69, 9.17) is 21.4 Å². The second-order valence-corrected chi connectivity index (χ2v) is 4.78. The third-order valence-corrected chi connectivity index (χ3v) is 3.50. The van der Waals surface area contributed by atoms with Gasteiger partial charge in [0, 0.05) is 11.9 Å². The zero-order chi connectivity index (χ0) is 11.7. The number of hydrogen-bond donors (Lipinski definition) is 2. The first kappa shape index (κ1) is 11.7. The lowest BCUT2D eigenvalue weighted by Crippen LogP contribution is -2.33. The summed E-state index contributed by atoms with van der Waals surface area (Å²) in [6, 6.07) is 0. The molecule has 2 N–H and O–H groups in total. The monoisotopic (exact) mass is 264 g/mol. The topological polar surface area (TPSA) is 84.3 Å². The maximum Gasteiger partial charge on any atom is 0.330 e. The van der Waals surface area contributed by atoms with E-state index in [1.165, 1.54) is 22.5 Å². The van der Waals surface area contributed by atoms with Gasteiger partial charge >= 0.3 is 5.69 Å². The van der Waals surface area contributed by atoms with Crippen molar-refractivity contribution in [2.24, 2.45) is 0 Å². The van der Waals surface area contributed by atoms with Crippen LogP contribution in [0.3, 0.4) is 0 Å². The summed E-state index contributed by atoms with van der Waals surface area (Å²) in [6.07, 6.45) is 0.734. The van der Waals surface area contributed by atoms with Crippen molar-refractivity contribution in [3.05, 3.63) is 32.1 Å². The van der Waals surface area contributed by atoms with Crippen LogP contribution < -0.4 is 11.2 Å². The average Bonchev–Trinajstić information content (AvgIpc) is 2.71. The van der Waals surface area contributed by atoms with Gasteiger partial charge in [-0.15, -0.1) is 11.8 Å². The van der Waals surface area contributed by atoms with Crippen molar-refractivity contribution < 1.29 is 9.84 Å². The molecule has 1 aromatic rings. The fraction of sp³-hybridized carbons (Fsp3) is 0.500. The van der Waals surface area contributed by atoms with Crippen LogP contribution in [0.5, 0.6) is 0 Å². The maximum absolute atomic E-state index is 11.5. The van der Waals surface area contributed by atoms with E-state index in [9.17, 15) is 9.59 Å². The molecule has 0 bridgehead atoms. The SMILES string of the molecule is O=c1[nH]c(=O)n([C@H]2CS[C@H](CO)O2)cc1Cl. The van der Waals surface area contributed by atoms with Crippen molar-refractivity contribution >= 4 is 23.4 Å². The molecule has 2 rings (SSSR count). The Morgan fingerprint density at radius 2 is 2.44 bits per heavy atom. The lowest BCUT2D eigenvalue weighted by molar-refractivity contribution is -0.00639. The summed E-state index contributed by atoms with van der Waals surface area (Å²) in [5.74, 6) is 0.521. The van der Waals surface area contributed by atoms with Crippen molar-refractivity contribution in [1.82, 2.24) is 9.55 Å². The molecule has 88 valence electrons. The first-order valence-electron chi connectivity index (χ1n) is 4.50. The lowest BCUT2D eigenvalue weighted by atomic mass is 10.5. The van der Waals surface area contributed by atoms with E-state index in [-0.39, 0.29) is 17.1 Å². The standard InChI is InChI=1S/C8H9ClN2O4S/c9-4-1-11(8(14)10-7(4)13)5-3-16-6(2-12)15-5/h1,5-6,12H,2-3H2,(H,10,13,14)/t5-,6-/m1/s1. The number of hydrogen-bond acceptors (Lipinski definition) is 5. The van der Waals surface area contributed by atoms with Crippen LogP contribution in [-0.4, -0.2) is 32.5 Å². The first-order valence-corrected chi connectivity index (χ1v) is 5.93. The maximum atomic E-state index is 11.5. The minimum atomic E-state index is -0.618. The largest absolute Gasteiger partial charge is 0.393 e. The number of aromatic amines is 1. The zero-order valence-electron chi connectivity index (χ0n) is 8.05. The van der Waals surface area contributed by atoms with Gasteiger partial charge in [-0.25, -0.2) is 4.79 Å². The zero-order valence-corrected chi connectivity index (χ0v) is 9.62. The van der Waals surface area contributed by atoms with E-state index in [0.717, 1.165) is 0 Å². The lowest BCUT2D eigenvalue weighted by Gasteiger charge is -2.13. The number of thioether (sulfide) groups is 1. The Bertz CT molecular complexity index is 500. The Morgan fingerprint density at radius 1 is 1.69 bits per heavy atom. The fourth-order valence-corrected chi connectivity index (χ4v) is 2.44. The molecule has 1 fully saturated rings. The summed E-state index contributed by atoms with van der Waals surface area (Å²) in [4.78, 5) is 24.6. The smallest absolute Gasteiger partial charge is 0.330 e. The highest BCUT2D eigenvalue weighted by Gasteiger charge is 2.27. The van der Waals surface area contributed by atoms with E-state index in [0.29, 0.717) is 5.75 Å². The number of aliphatic hydroxyl groups is 1. The van der Waals surface area contributed by atoms with E-state index in [2.05, 4.69) is 4.98 Å². The van der Waals surface area contributed by atoms with E-state index >= 15 is 0 Å². The Hall–Kier alpha value is -0.760. The Labute approximate surface area is 99.2 Å². The highest BCUT2D eigenvalue weighted by atomic mass is 35.5. The van der Waals surface area contributed by atoms with E-state index in [1.807, 2.05) is 0 Å². The number of halogens is 1. The number of rotatable bonds is 2. The molecule has 0 radical (unpaired) electrons. The third-order valence-electron chi connectivity index (χ3n) is 2.12. The molecule has 2 heterocycles. The summed E-state index contributed by atoms with van der Waals surface area (Å²) < 4.78 is 6.58. The molecule has 0 aromatic carbocycles. The quantitative estimate of drug-likeness (QED) is 0.771. The molecule has 16 heavy (non-hydrogen) atoms. The molecule has 0 unspecified atom stereocenters. The highest BCUT2D eigenvalue weighted by molar-refractivity contribution is 8.00. The molecule has 0 amide bonds. The van der Waals surface area contributed by atoms with Crippen LogP contribution in [0, 0.1) is 0 Å². The van der Waals surface area contributed by atoms with Gasteiger partial charge in [0.05, 0.1) is 6.61 Å². The summed E-state index contributed by atoms with van der Waals surface area (Å²) in [5.41, 5.74) is -1.53. The first-order chi connectivity index (χ1) is 7.61. The average molecular weight is 265 g/mol. The number of aromatic nitrogens is 2. The van der Waals surface area contributed by atoms with Crippen LogP contribution in [0.4, 0.5) is 0 Å². The van der Waals surface area contributed by atoms with Gasteiger partial charge in [-0.05, 0) is 0 Å². The molecule has 2 atom stereocenters. The summed E-state index contributed by atoms with van der Waals surface area (Å²) in [6.45, 7) is -0.118. The molecule has 0 saturated carbocycles. The Morgan fingerprint density at radius 3 is 3.06 bits per heavy atom. The minimum Gasteiger partial charge on any atom is -0.393 e. The summed E-state index contributed by atoms with van der Waals surface area (Å²) >= 11 is 7.02. The molecule has 0 spiro atoms. The molecule has 1 aliphatic rings. The molecule has 8 heteroatoms. The van der Waals surface area contributed by atoms with Crippen molar-refractivity contribution in [3.8, 4) is 0 Å². The predicted octanol–water partition coefficient (Wildman–Crippen LogP) is -0.230. The second kappa shape index (κ2) is 4.62. The van der Waals surface area contributed by atoms with Crippen LogP contribution in [0.25, 0.3) is 0 Å². The number of aliphatic hydroxyl groups excluding tert-OH is 1. The Balaban J connectivity index is 2.32. The van der Waals surface area contributed by atoms with Crippen molar-refractivity contribution in [3.63, 3.8) is 0 Å². The predicted molar refractivity (Wildman–Crippen MR) is 59.8 cm³/mol. The van der Waals surface area contributed by atoms with Crippen molar-refractivity contribution in [2.75, 3.05) is 12.4 Å². The van der Waals surface area contributed by atoms with Crippen LogP contribution in [0.2, 0.25) is 5.02 Å². The van der Waals surface area contributed by atoms with Gasteiger partial charge in [-0.1, -0.05) is 11.6 Å². The van der Waals surface area contributed by atoms with Crippen LogP contribution >= 0.6 is 23.4 Å². The fourth-order valence-electron chi connectivity index (χ4n) is 1.36. The molecular formula is C8H9ClN2O4S. The molecule has 1 aliphatic heterocycles. The number of H-pyrrole nitrogens is 1. The number of nitrogens with zero attached hydrogens (tertiary/aromatic N) is 1. The van der Waals surface area contributed by atoms with Gasteiger partial charge in [-0.3, -0.25) is 14.3 Å².